The van der Waals surface area contributed by atoms with Gasteiger partial charge in [-0.15, -0.1) is 0 Å². The normalized spacial score (nSPS) is 22.0. The van der Waals surface area contributed by atoms with Gasteiger partial charge in [-0.2, -0.15) is 0 Å². The maximum atomic E-state index is 10.6. The number of Topliss-reactive ketones (excluding diaryl/α,β-unsaturated/α-hetero) is 1. The first-order valence-electron chi connectivity index (χ1n) is 3.93. The Hall–Kier alpha value is -0.410. The Morgan fingerprint density at radius 1 is 1.55 bits per heavy atom. The largest absolute Gasteiger partial charge is 0.393 e. The molecule has 1 saturated heterocycles. The summed E-state index contributed by atoms with van der Waals surface area (Å²) in [5.74, 6) is -0.0404. The van der Waals surface area contributed by atoms with E-state index < -0.39 is 0 Å². The summed E-state index contributed by atoms with van der Waals surface area (Å²) in [7, 11) is 0. The van der Waals surface area contributed by atoms with Gasteiger partial charge >= 0.3 is 0 Å². The maximum absolute atomic E-state index is 10.6. The van der Waals surface area contributed by atoms with Crippen molar-refractivity contribution in [3.63, 3.8) is 0 Å². The number of carbonyl (C=O) groups is 1. The molecule has 0 bridgehead atoms. The SMILES string of the molecule is [CH2]C(=O)CN1CCC(O)CC1. The number of likely N-dealkylation sites (tertiary alicyclic amines) is 1. The molecule has 11 heavy (non-hydrogen) atoms. The van der Waals surface area contributed by atoms with E-state index in [4.69, 9.17) is 5.11 Å². The Labute approximate surface area is 67.0 Å². The average Bonchev–Trinajstić information content (AvgIpc) is 1.93. The molecule has 63 valence electrons. The molecule has 0 aliphatic carbocycles. The van der Waals surface area contributed by atoms with Crippen LogP contribution in [0.1, 0.15) is 12.8 Å². The zero-order chi connectivity index (χ0) is 8.27. The van der Waals surface area contributed by atoms with Crippen molar-refractivity contribution < 1.29 is 9.90 Å². The maximum Gasteiger partial charge on any atom is 0.147 e. The van der Waals surface area contributed by atoms with Gasteiger partial charge in [-0.25, -0.2) is 0 Å². The number of piperidine rings is 1. The van der Waals surface area contributed by atoms with Gasteiger partial charge in [0.1, 0.15) is 5.78 Å². The molecule has 0 amide bonds. The molecular formula is C8H14NO2. The lowest BCUT2D eigenvalue weighted by molar-refractivity contribution is -0.116. The standard InChI is InChI=1S/C8H14NO2/c1-7(10)6-9-4-2-8(11)3-5-9/h8,11H,1-6H2. The minimum absolute atomic E-state index is 0.0404. The summed E-state index contributed by atoms with van der Waals surface area (Å²) in [6.45, 7) is 5.39. The molecule has 0 aromatic carbocycles. The van der Waals surface area contributed by atoms with E-state index in [1.165, 1.54) is 0 Å². The van der Waals surface area contributed by atoms with Crippen LogP contribution in [0.5, 0.6) is 0 Å². The molecule has 1 radical (unpaired) electrons. The van der Waals surface area contributed by atoms with Crippen molar-refractivity contribution in [2.24, 2.45) is 0 Å². The van der Waals surface area contributed by atoms with Crippen molar-refractivity contribution in [1.82, 2.24) is 4.90 Å². The van der Waals surface area contributed by atoms with E-state index in [1.807, 2.05) is 4.90 Å². The number of ketones is 1. The van der Waals surface area contributed by atoms with E-state index in [9.17, 15) is 4.79 Å². The molecule has 0 unspecified atom stereocenters. The number of hydrogen-bond donors (Lipinski definition) is 1. The molecule has 0 aromatic rings. The Morgan fingerprint density at radius 2 is 2.09 bits per heavy atom. The molecule has 0 saturated carbocycles. The third-order valence-electron chi connectivity index (χ3n) is 1.96. The first-order chi connectivity index (χ1) is 5.18. The van der Waals surface area contributed by atoms with Crippen LogP contribution in [0.25, 0.3) is 0 Å². The zero-order valence-corrected chi connectivity index (χ0v) is 6.62. The Morgan fingerprint density at radius 3 is 2.55 bits per heavy atom. The van der Waals surface area contributed by atoms with Gasteiger partial charge in [-0.1, -0.05) is 0 Å². The summed E-state index contributed by atoms with van der Waals surface area (Å²) in [4.78, 5) is 12.6. The molecule has 1 aliphatic heterocycles. The summed E-state index contributed by atoms with van der Waals surface area (Å²) < 4.78 is 0. The van der Waals surface area contributed by atoms with Crippen LogP contribution in [0.2, 0.25) is 0 Å². The van der Waals surface area contributed by atoms with E-state index in [2.05, 4.69) is 6.92 Å². The fraction of sp³-hybridized carbons (Fsp3) is 0.750. The molecule has 3 nitrogen and oxygen atoms in total. The average molecular weight is 156 g/mol. The summed E-state index contributed by atoms with van der Waals surface area (Å²) >= 11 is 0. The third kappa shape index (κ3) is 2.99. The van der Waals surface area contributed by atoms with Crippen molar-refractivity contribution >= 4 is 5.78 Å². The van der Waals surface area contributed by atoms with Gasteiger partial charge in [0.15, 0.2) is 0 Å². The number of carbonyl (C=O) groups excluding carboxylic acids is 1. The highest BCUT2D eigenvalue weighted by Crippen LogP contribution is 2.08. The predicted octanol–water partition coefficient (Wildman–Crippen LogP) is -0.154. The van der Waals surface area contributed by atoms with Gasteiger partial charge in [0.05, 0.1) is 12.6 Å². The van der Waals surface area contributed by atoms with E-state index >= 15 is 0 Å². The molecule has 1 aliphatic rings. The molecule has 1 N–H and O–H groups in total. The quantitative estimate of drug-likeness (QED) is 0.604. The van der Waals surface area contributed by atoms with Crippen LogP contribution in [0.3, 0.4) is 0 Å². The molecule has 1 rings (SSSR count). The Kier molecular flexibility index (Phi) is 3.02. The fourth-order valence-corrected chi connectivity index (χ4v) is 1.33. The first kappa shape index (κ1) is 8.68. The third-order valence-corrected chi connectivity index (χ3v) is 1.96. The lowest BCUT2D eigenvalue weighted by atomic mass is 10.1. The van der Waals surface area contributed by atoms with Crippen LogP contribution >= 0.6 is 0 Å². The van der Waals surface area contributed by atoms with E-state index in [0.717, 1.165) is 25.9 Å². The molecule has 1 heterocycles. The lowest BCUT2D eigenvalue weighted by Crippen LogP contribution is -2.38. The summed E-state index contributed by atoms with van der Waals surface area (Å²) in [5, 5.41) is 9.13. The van der Waals surface area contributed by atoms with Crippen LogP contribution in [0.4, 0.5) is 0 Å². The monoisotopic (exact) mass is 156 g/mol. The second kappa shape index (κ2) is 3.83. The van der Waals surface area contributed by atoms with Gasteiger partial charge in [0.25, 0.3) is 0 Å². The van der Waals surface area contributed by atoms with Gasteiger partial charge in [0.2, 0.25) is 0 Å². The van der Waals surface area contributed by atoms with Crippen molar-refractivity contribution in [2.75, 3.05) is 19.6 Å². The minimum atomic E-state index is -0.161. The first-order valence-corrected chi connectivity index (χ1v) is 3.93. The van der Waals surface area contributed by atoms with E-state index in [-0.39, 0.29) is 11.9 Å². The van der Waals surface area contributed by atoms with E-state index in [1.54, 1.807) is 0 Å². The van der Waals surface area contributed by atoms with Gasteiger partial charge in [-0.05, 0) is 12.8 Å². The molecule has 0 atom stereocenters. The van der Waals surface area contributed by atoms with E-state index in [0.29, 0.717) is 6.54 Å². The molecule has 3 heteroatoms. The van der Waals surface area contributed by atoms with Crippen LogP contribution in [0.15, 0.2) is 0 Å². The number of hydrogen-bond acceptors (Lipinski definition) is 3. The Balaban J connectivity index is 2.22. The highest BCUT2D eigenvalue weighted by Gasteiger charge is 2.17. The van der Waals surface area contributed by atoms with Crippen LogP contribution in [-0.4, -0.2) is 41.5 Å². The second-order valence-electron chi connectivity index (χ2n) is 3.05. The summed E-state index contributed by atoms with van der Waals surface area (Å²) in [6, 6.07) is 0. The van der Waals surface area contributed by atoms with Crippen molar-refractivity contribution in [1.29, 1.82) is 0 Å². The number of aliphatic hydroxyl groups is 1. The summed E-state index contributed by atoms with van der Waals surface area (Å²) in [5.41, 5.74) is 0. The molecule has 1 fully saturated rings. The molecule has 0 spiro atoms. The van der Waals surface area contributed by atoms with Crippen molar-refractivity contribution in [2.45, 2.75) is 18.9 Å². The summed E-state index contributed by atoms with van der Waals surface area (Å²) in [6.07, 6.45) is 1.41. The van der Waals surface area contributed by atoms with Crippen LogP contribution in [-0.2, 0) is 4.79 Å². The fourth-order valence-electron chi connectivity index (χ4n) is 1.33. The number of rotatable bonds is 2. The highest BCUT2D eigenvalue weighted by molar-refractivity contribution is 5.84. The van der Waals surface area contributed by atoms with Crippen LogP contribution < -0.4 is 0 Å². The topological polar surface area (TPSA) is 40.5 Å². The van der Waals surface area contributed by atoms with Crippen molar-refractivity contribution in [3.05, 3.63) is 6.92 Å². The van der Waals surface area contributed by atoms with Gasteiger partial charge < -0.3 is 5.11 Å². The predicted molar refractivity (Wildman–Crippen MR) is 42.0 cm³/mol. The molecular weight excluding hydrogens is 142 g/mol. The zero-order valence-electron chi connectivity index (χ0n) is 6.62. The number of aliphatic hydroxyl groups excluding tert-OH is 1. The van der Waals surface area contributed by atoms with Crippen LogP contribution in [0, 0.1) is 6.92 Å². The molecule has 0 aromatic heterocycles. The lowest BCUT2D eigenvalue weighted by Gasteiger charge is -2.28. The minimum Gasteiger partial charge on any atom is -0.393 e. The van der Waals surface area contributed by atoms with Gasteiger partial charge in [-0.3, -0.25) is 9.69 Å². The highest BCUT2D eigenvalue weighted by atomic mass is 16.3. The van der Waals surface area contributed by atoms with Gasteiger partial charge in [0, 0.05) is 20.0 Å². The second-order valence-corrected chi connectivity index (χ2v) is 3.05. The Bertz CT molecular complexity index is 139. The number of nitrogens with zero attached hydrogens (tertiary/aromatic N) is 1. The van der Waals surface area contributed by atoms with Crippen molar-refractivity contribution in [3.8, 4) is 0 Å². The smallest absolute Gasteiger partial charge is 0.147 e.